The molecule has 33 heavy (non-hydrogen) atoms. The number of hydrogen-bond acceptors (Lipinski definition) is 9. The van der Waals surface area contributed by atoms with Crippen molar-refractivity contribution in [1.82, 2.24) is 15.2 Å². The Morgan fingerprint density at radius 1 is 1.21 bits per heavy atom. The Hall–Kier alpha value is -4.28. The quantitative estimate of drug-likeness (QED) is 0.300. The van der Waals surface area contributed by atoms with E-state index in [0.717, 1.165) is 5.56 Å². The molecule has 1 heterocycles. The van der Waals surface area contributed by atoms with Crippen LogP contribution in [0.2, 0.25) is 0 Å². The first-order valence-electron chi connectivity index (χ1n) is 9.98. The maximum atomic E-state index is 12.2. The van der Waals surface area contributed by atoms with Gasteiger partial charge in [-0.2, -0.15) is 5.10 Å². The fraction of sp³-hybridized carbons (Fsp3) is 0.273. The van der Waals surface area contributed by atoms with Gasteiger partial charge >= 0.3 is 5.69 Å². The number of H-pyrrole nitrogens is 1. The van der Waals surface area contributed by atoms with Gasteiger partial charge in [0.25, 0.3) is 5.56 Å². The van der Waals surface area contributed by atoms with E-state index in [2.05, 4.69) is 25.7 Å². The lowest BCUT2D eigenvalue weighted by atomic mass is 9.93. The van der Waals surface area contributed by atoms with Gasteiger partial charge in [-0.1, -0.05) is 51.1 Å². The van der Waals surface area contributed by atoms with Gasteiger partial charge in [0.05, 0.1) is 18.2 Å². The molecule has 0 saturated heterocycles. The fourth-order valence-electron chi connectivity index (χ4n) is 2.89. The summed E-state index contributed by atoms with van der Waals surface area (Å²) in [7, 11) is 1.39. The molecule has 1 aromatic heterocycles. The Kier molecular flexibility index (Phi) is 7.01. The summed E-state index contributed by atoms with van der Waals surface area (Å²) in [5, 5.41) is 23.5. The maximum Gasteiger partial charge on any atom is 0.315 e. The normalized spacial score (nSPS) is 11.4. The number of ether oxygens (including phenoxy) is 2. The molecule has 0 amide bonds. The van der Waals surface area contributed by atoms with Crippen LogP contribution in [0.5, 0.6) is 11.5 Å². The Morgan fingerprint density at radius 2 is 1.94 bits per heavy atom. The number of hydrogen-bond donors (Lipinski definition) is 2. The van der Waals surface area contributed by atoms with E-state index in [1.165, 1.54) is 19.4 Å². The third-order valence-corrected chi connectivity index (χ3v) is 4.49. The minimum absolute atomic E-state index is 0.0180. The van der Waals surface area contributed by atoms with Crippen molar-refractivity contribution in [3.8, 4) is 11.5 Å². The van der Waals surface area contributed by atoms with Crippen LogP contribution in [0, 0.1) is 10.1 Å². The van der Waals surface area contributed by atoms with Crippen molar-refractivity contribution in [1.29, 1.82) is 0 Å². The van der Waals surface area contributed by atoms with E-state index in [9.17, 15) is 14.9 Å². The number of aromatic nitrogens is 3. The summed E-state index contributed by atoms with van der Waals surface area (Å²) in [6, 6.07) is 12.1. The minimum atomic E-state index is -0.554. The van der Waals surface area contributed by atoms with Crippen molar-refractivity contribution in [2.24, 2.45) is 5.10 Å². The second kappa shape index (κ2) is 9.90. The molecular formula is C22H24N6O5. The number of methoxy groups -OCH3 is 1. The average Bonchev–Trinajstić information content (AvgIpc) is 2.77. The monoisotopic (exact) mass is 452 g/mol. The molecule has 3 rings (SSSR count). The lowest BCUT2D eigenvalue weighted by molar-refractivity contribution is -0.386. The largest absolute Gasteiger partial charge is 0.493 e. The predicted octanol–water partition coefficient (Wildman–Crippen LogP) is 3.40. The molecule has 3 aromatic rings. The number of hydrazone groups is 1. The van der Waals surface area contributed by atoms with Crippen LogP contribution in [-0.2, 0) is 12.0 Å². The summed E-state index contributed by atoms with van der Waals surface area (Å²) in [4.78, 5) is 25.8. The highest BCUT2D eigenvalue weighted by molar-refractivity contribution is 5.83. The molecular weight excluding hydrogens is 428 g/mol. The summed E-state index contributed by atoms with van der Waals surface area (Å²) >= 11 is 0. The molecule has 11 nitrogen and oxygen atoms in total. The molecule has 0 aliphatic carbocycles. The van der Waals surface area contributed by atoms with Crippen LogP contribution in [0.25, 0.3) is 0 Å². The number of benzene rings is 2. The number of anilines is 1. The molecule has 0 radical (unpaired) electrons. The van der Waals surface area contributed by atoms with Crippen LogP contribution in [0.3, 0.4) is 0 Å². The highest BCUT2D eigenvalue weighted by Crippen LogP contribution is 2.38. The molecule has 0 atom stereocenters. The molecule has 0 aliphatic rings. The lowest BCUT2D eigenvalue weighted by Crippen LogP contribution is -2.28. The van der Waals surface area contributed by atoms with Crippen LogP contribution >= 0.6 is 0 Å². The Labute approximate surface area is 189 Å². The fourth-order valence-corrected chi connectivity index (χ4v) is 2.89. The van der Waals surface area contributed by atoms with Crippen molar-refractivity contribution in [3.05, 3.63) is 79.8 Å². The smallest absolute Gasteiger partial charge is 0.315 e. The van der Waals surface area contributed by atoms with E-state index < -0.39 is 10.3 Å². The topological polar surface area (TPSA) is 145 Å². The Morgan fingerprint density at radius 3 is 2.55 bits per heavy atom. The van der Waals surface area contributed by atoms with Crippen LogP contribution in [0.1, 0.15) is 37.6 Å². The summed E-state index contributed by atoms with van der Waals surface area (Å²) in [5.41, 5.74) is 2.98. The molecule has 2 aromatic carbocycles. The highest BCUT2D eigenvalue weighted by atomic mass is 16.6. The van der Waals surface area contributed by atoms with Gasteiger partial charge in [0.2, 0.25) is 11.7 Å². The van der Waals surface area contributed by atoms with Crippen molar-refractivity contribution in [2.75, 3.05) is 12.5 Å². The third-order valence-electron chi connectivity index (χ3n) is 4.49. The van der Waals surface area contributed by atoms with Crippen LogP contribution in [-0.4, -0.2) is 33.4 Å². The van der Waals surface area contributed by atoms with Gasteiger partial charge in [-0.05, 0) is 11.6 Å². The van der Waals surface area contributed by atoms with Crippen LogP contribution in [0.15, 0.2) is 52.4 Å². The molecule has 0 aliphatic heterocycles. The summed E-state index contributed by atoms with van der Waals surface area (Å²) in [6.45, 7) is 5.70. The SMILES string of the molecule is COc1cc(/C=N/Nc2nnc(C(C)(C)C)c(=O)[nH]2)cc([N+](=O)[O-])c1OCc1ccccc1. The van der Waals surface area contributed by atoms with Crippen LogP contribution in [0.4, 0.5) is 11.6 Å². The number of rotatable bonds is 8. The Bertz CT molecular complexity index is 1220. The zero-order chi connectivity index (χ0) is 24.0. The first kappa shape index (κ1) is 23.4. The third kappa shape index (κ3) is 5.91. The zero-order valence-electron chi connectivity index (χ0n) is 18.7. The van der Waals surface area contributed by atoms with Crippen molar-refractivity contribution < 1.29 is 14.4 Å². The van der Waals surface area contributed by atoms with Gasteiger partial charge < -0.3 is 9.47 Å². The summed E-state index contributed by atoms with van der Waals surface area (Å²) in [6.07, 6.45) is 1.33. The van der Waals surface area contributed by atoms with Gasteiger partial charge in [-0.3, -0.25) is 19.9 Å². The van der Waals surface area contributed by atoms with Crippen molar-refractivity contribution >= 4 is 17.9 Å². The first-order chi connectivity index (χ1) is 15.7. The molecule has 0 saturated carbocycles. The van der Waals surface area contributed by atoms with Crippen LogP contribution < -0.4 is 20.5 Å². The molecule has 11 heteroatoms. The minimum Gasteiger partial charge on any atom is -0.493 e. The van der Waals surface area contributed by atoms with E-state index in [1.807, 2.05) is 51.1 Å². The predicted molar refractivity (Wildman–Crippen MR) is 123 cm³/mol. The lowest BCUT2D eigenvalue weighted by Gasteiger charge is -2.15. The molecule has 2 N–H and O–H groups in total. The number of nitrogens with one attached hydrogen (secondary N) is 2. The zero-order valence-corrected chi connectivity index (χ0v) is 18.7. The van der Waals surface area contributed by atoms with Gasteiger partial charge in [-0.25, -0.2) is 5.43 Å². The number of nitro benzene ring substituents is 1. The van der Waals surface area contributed by atoms with Gasteiger partial charge in [-0.15, -0.1) is 10.2 Å². The molecule has 0 bridgehead atoms. The average molecular weight is 452 g/mol. The van der Waals surface area contributed by atoms with E-state index >= 15 is 0 Å². The number of aromatic amines is 1. The standard InChI is InChI=1S/C22H24N6O5/c1-22(2,3)19-20(29)24-21(27-25-19)26-23-12-15-10-16(28(30)31)18(17(11-15)32-4)33-13-14-8-6-5-7-9-14/h5-12H,13H2,1-4H3,(H2,24,26,27,29)/b23-12+. The van der Waals surface area contributed by atoms with E-state index in [-0.39, 0.29) is 35.3 Å². The van der Waals surface area contributed by atoms with E-state index in [0.29, 0.717) is 11.3 Å². The summed E-state index contributed by atoms with van der Waals surface area (Å²) < 4.78 is 11.0. The van der Waals surface area contributed by atoms with Gasteiger partial charge in [0.15, 0.2) is 5.75 Å². The van der Waals surface area contributed by atoms with Gasteiger partial charge in [0, 0.05) is 17.0 Å². The molecule has 0 fully saturated rings. The van der Waals surface area contributed by atoms with Crippen molar-refractivity contribution in [3.63, 3.8) is 0 Å². The Balaban J connectivity index is 1.81. The van der Waals surface area contributed by atoms with E-state index in [1.54, 1.807) is 6.07 Å². The number of nitro groups is 1. The second-order valence-electron chi connectivity index (χ2n) is 8.07. The first-order valence-corrected chi connectivity index (χ1v) is 9.98. The molecule has 0 spiro atoms. The molecule has 172 valence electrons. The number of nitrogens with zero attached hydrogens (tertiary/aromatic N) is 4. The van der Waals surface area contributed by atoms with Crippen molar-refractivity contribution in [2.45, 2.75) is 32.8 Å². The van der Waals surface area contributed by atoms with Gasteiger partial charge in [0.1, 0.15) is 12.3 Å². The maximum absolute atomic E-state index is 12.2. The van der Waals surface area contributed by atoms with E-state index in [4.69, 9.17) is 9.47 Å². The molecule has 0 unspecified atom stereocenters. The highest BCUT2D eigenvalue weighted by Gasteiger charge is 2.23. The second-order valence-corrected chi connectivity index (χ2v) is 8.07. The summed E-state index contributed by atoms with van der Waals surface area (Å²) in [5.74, 6) is 0.238.